The lowest BCUT2D eigenvalue weighted by atomic mass is 10.0. The number of rotatable bonds is 5. The first kappa shape index (κ1) is 17.2. The Hall–Kier alpha value is -1.14. The second kappa shape index (κ2) is 8.48. The van der Waals surface area contributed by atoms with Crippen LogP contribution >= 0.6 is 12.4 Å². The number of carbonyl (C=O) groups excluding carboxylic acids is 1. The molecule has 0 spiro atoms. The zero-order valence-corrected chi connectivity index (χ0v) is 13.5. The molecule has 0 radical (unpaired) electrons. The number of hydrogen-bond donors (Lipinski definition) is 2. The van der Waals surface area contributed by atoms with E-state index >= 15 is 0 Å². The largest absolute Gasteiger partial charge is 0.379 e. The summed E-state index contributed by atoms with van der Waals surface area (Å²) in [5.41, 5.74) is 2.51. The van der Waals surface area contributed by atoms with E-state index in [0.717, 1.165) is 45.9 Å². The summed E-state index contributed by atoms with van der Waals surface area (Å²) in [6, 6.07) is 8.36. The second-order valence-corrected chi connectivity index (χ2v) is 5.73. The van der Waals surface area contributed by atoms with E-state index in [1.807, 2.05) is 6.07 Å². The predicted molar refractivity (Wildman–Crippen MR) is 88.0 cm³/mol. The topological polar surface area (TPSA) is 53.6 Å². The van der Waals surface area contributed by atoms with Crippen LogP contribution in [-0.4, -0.2) is 50.2 Å². The lowest BCUT2D eigenvalue weighted by Gasteiger charge is -2.28. The van der Waals surface area contributed by atoms with Gasteiger partial charge < -0.3 is 15.4 Å². The van der Waals surface area contributed by atoms with Crippen molar-refractivity contribution in [1.82, 2.24) is 15.5 Å². The van der Waals surface area contributed by atoms with Gasteiger partial charge in [-0.15, -0.1) is 12.4 Å². The Morgan fingerprint density at radius 1 is 1.23 bits per heavy atom. The molecule has 1 amide bonds. The van der Waals surface area contributed by atoms with Crippen LogP contribution in [0.2, 0.25) is 0 Å². The van der Waals surface area contributed by atoms with Gasteiger partial charge in [0.05, 0.1) is 19.1 Å². The third-order valence-electron chi connectivity index (χ3n) is 4.22. The summed E-state index contributed by atoms with van der Waals surface area (Å²) in [7, 11) is 0. The zero-order chi connectivity index (χ0) is 14.5. The molecule has 0 bridgehead atoms. The van der Waals surface area contributed by atoms with Gasteiger partial charge in [-0.05, 0) is 11.1 Å². The molecular weight excluding hydrogens is 302 g/mol. The van der Waals surface area contributed by atoms with Crippen molar-refractivity contribution in [3.63, 3.8) is 0 Å². The summed E-state index contributed by atoms with van der Waals surface area (Å²) < 4.78 is 5.39. The van der Waals surface area contributed by atoms with E-state index in [0.29, 0.717) is 6.54 Å². The van der Waals surface area contributed by atoms with E-state index in [2.05, 4.69) is 33.7 Å². The fourth-order valence-corrected chi connectivity index (χ4v) is 2.69. The van der Waals surface area contributed by atoms with Gasteiger partial charge in [-0.2, -0.15) is 0 Å². The molecule has 1 aromatic carbocycles. The highest BCUT2D eigenvalue weighted by Gasteiger charge is 2.24. The normalized spacial score (nSPS) is 19.1. The number of amides is 1. The Kier molecular flexibility index (Phi) is 6.64. The Morgan fingerprint density at radius 3 is 2.55 bits per heavy atom. The molecule has 2 saturated heterocycles. The first-order chi connectivity index (χ1) is 10.3. The van der Waals surface area contributed by atoms with Crippen molar-refractivity contribution in [1.29, 1.82) is 0 Å². The smallest absolute Gasteiger partial charge is 0.225 e. The van der Waals surface area contributed by atoms with Crippen molar-refractivity contribution in [2.24, 2.45) is 5.92 Å². The van der Waals surface area contributed by atoms with Crippen molar-refractivity contribution >= 4 is 18.3 Å². The first-order valence-corrected chi connectivity index (χ1v) is 7.68. The molecular formula is C16H24ClN3O2. The number of nitrogens with zero attached hydrogens (tertiary/aromatic N) is 1. The predicted octanol–water partition coefficient (Wildman–Crippen LogP) is 0.776. The molecule has 2 heterocycles. The van der Waals surface area contributed by atoms with Gasteiger partial charge in [0.1, 0.15) is 0 Å². The Labute approximate surface area is 137 Å². The molecule has 0 aliphatic carbocycles. The van der Waals surface area contributed by atoms with Gasteiger partial charge in [0.15, 0.2) is 0 Å². The van der Waals surface area contributed by atoms with Gasteiger partial charge in [-0.25, -0.2) is 0 Å². The molecule has 6 heteroatoms. The van der Waals surface area contributed by atoms with E-state index < -0.39 is 0 Å². The molecule has 3 rings (SSSR count). The molecule has 2 aliphatic heterocycles. The monoisotopic (exact) mass is 325 g/mol. The summed E-state index contributed by atoms with van der Waals surface area (Å²) >= 11 is 0. The molecule has 122 valence electrons. The quantitative estimate of drug-likeness (QED) is 0.840. The third kappa shape index (κ3) is 4.43. The van der Waals surface area contributed by atoms with Crippen LogP contribution in [0.25, 0.3) is 0 Å². The lowest BCUT2D eigenvalue weighted by Crippen LogP contribution is -2.50. The zero-order valence-electron chi connectivity index (χ0n) is 12.7. The Balaban J connectivity index is 0.00000176. The second-order valence-electron chi connectivity index (χ2n) is 5.73. The molecule has 0 unspecified atom stereocenters. The van der Waals surface area contributed by atoms with Crippen LogP contribution in [-0.2, 0) is 22.6 Å². The molecule has 22 heavy (non-hydrogen) atoms. The number of hydrogen-bond acceptors (Lipinski definition) is 4. The van der Waals surface area contributed by atoms with Gasteiger partial charge in [0.25, 0.3) is 0 Å². The Bertz CT molecular complexity index is 488. The molecule has 5 nitrogen and oxygen atoms in total. The minimum atomic E-state index is 0. The van der Waals surface area contributed by atoms with Crippen LogP contribution in [0.5, 0.6) is 0 Å². The maximum absolute atomic E-state index is 11.9. The number of benzene rings is 1. The fraction of sp³-hybridized carbons (Fsp3) is 0.562. The molecule has 1 aromatic rings. The van der Waals surface area contributed by atoms with Crippen molar-refractivity contribution < 1.29 is 9.53 Å². The average molecular weight is 326 g/mol. The van der Waals surface area contributed by atoms with Gasteiger partial charge in [-0.3, -0.25) is 9.69 Å². The standard InChI is InChI=1S/C16H23N3O2.ClH/c20-16(15-9-17-10-15)18-11-13-3-1-2-4-14(13)12-19-5-7-21-8-6-19;/h1-4,15,17H,5-12H2,(H,18,20);1H. The van der Waals surface area contributed by atoms with E-state index in [1.54, 1.807) is 0 Å². The van der Waals surface area contributed by atoms with Crippen LogP contribution in [0.3, 0.4) is 0 Å². The number of nitrogens with one attached hydrogen (secondary N) is 2. The highest BCUT2D eigenvalue weighted by molar-refractivity contribution is 5.85. The number of halogens is 1. The average Bonchev–Trinajstić information content (AvgIpc) is 2.46. The molecule has 0 saturated carbocycles. The first-order valence-electron chi connectivity index (χ1n) is 7.68. The Morgan fingerprint density at radius 2 is 1.91 bits per heavy atom. The van der Waals surface area contributed by atoms with Crippen molar-refractivity contribution in [2.75, 3.05) is 39.4 Å². The number of morpholine rings is 1. The van der Waals surface area contributed by atoms with E-state index in [9.17, 15) is 4.79 Å². The molecule has 2 aliphatic rings. The minimum Gasteiger partial charge on any atom is -0.379 e. The van der Waals surface area contributed by atoms with Gasteiger partial charge in [0.2, 0.25) is 5.91 Å². The van der Waals surface area contributed by atoms with Gasteiger partial charge >= 0.3 is 0 Å². The van der Waals surface area contributed by atoms with Crippen molar-refractivity contribution in [3.05, 3.63) is 35.4 Å². The van der Waals surface area contributed by atoms with Gasteiger partial charge in [-0.1, -0.05) is 24.3 Å². The maximum atomic E-state index is 11.9. The van der Waals surface area contributed by atoms with E-state index in [4.69, 9.17) is 4.74 Å². The van der Waals surface area contributed by atoms with Crippen LogP contribution in [0.15, 0.2) is 24.3 Å². The summed E-state index contributed by atoms with van der Waals surface area (Å²) in [4.78, 5) is 14.3. The van der Waals surface area contributed by atoms with E-state index in [1.165, 1.54) is 11.1 Å². The van der Waals surface area contributed by atoms with Crippen LogP contribution in [0.1, 0.15) is 11.1 Å². The molecule has 2 N–H and O–H groups in total. The highest BCUT2D eigenvalue weighted by Crippen LogP contribution is 2.13. The van der Waals surface area contributed by atoms with Crippen LogP contribution < -0.4 is 10.6 Å². The maximum Gasteiger partial charge on any atom is 0.225 e. The summed E-state index contributed by atoms with van der Waals surface area (Å²) in [6.45, 7) is 6.75. The summed E-state index contributed by atoms with van der Waals surface area (Å²) in [5.74, 6) is 0.311. The highest BCUT2D eigenvalue weighted by atomic mass is 35.5. The summed E-state index contributed by atoms with van der Waals surface area (Å²) in [6.07, 6.45) is 0. The lowest BCUT2D eigenvalue weighted by molar-refractivity contribution is -0.126. The number of carbonyl (C=O) groups is 1. The van der Waals surface area contributed by atoms with Gasteiger partial charge in [0, 0.05) is 39.3 Å². The van der Waals surface area contributed by atoms with E-state index in [-0.39, 0.29) is 24.2 Å². The van der Waals surface area contributed by atoms with Crippen molar-refractivity contribution in [2.45, 2.75) is 13.1 Å². The van der Waals surface area contributed by atoms with Crippen molar-refractivity contribution in [3.8, 4) is 0 Å². The summed E-state index contributed by atoms with van der Waals surface area (Å²) in [5, 5.41) is 6.18. The minimum absolute atomic E-state index is 0. The molecule has 2 fully saturated rings. The molecule has 0 atom stereocenters. The number of ether oxygens (including phenoxy) is 1. The SMILES string of the molecule is Cl.O=C(NCc1ccccc1CN1CCOCC1)C1CNC1. The molecule has 0 aromatic heterocycles. The third-order valence-corrected chi connectivity index (χ3v) is 4.22. The van der Waals surface area contributed by atoms with Crippen LogP contribution in [0, 0.1) is 5.92 Å². The van der Waals surface area contributed by atoms with Crippen LogP contribution in [0.4, 0.5) is 0 Å². The fourth-order valence-electron chi connectivity index (χ4n) is 2.69.